The van der Waals surface area contributed by atoms with Gasteiger partial charge in [-0.1, -0.05) is 22.6 Å². The molecule has 1 aliphatic heterocycles. The third-order valence-electron chi connectivity index (χ3n) is 3.32. The van der Waals surface area contributed by atoms with Gasteiger partial charge < -0.3 is 28.7 Å². The molecule has 0 bridgehead atoms. The van der Waals surface area contributed by atoms with Gasteiger partial charge in [0.25, 0.3) is 0 Å². The summed E-state index contributed by atoms with van der Waals surface area (Å²) >= 11 is 2.20. The minimum absolute atomic E-state index is 0.00548. The Hall–Kier alpha value is 0.190. The van der Waals surface area contributed by atoms with E-state index in [1.165, 1.54) is 0 Å². The Morgan fingerprint density at radius 2 is 1.68 bits per heavy atom. The van der Waals surface area contributed by atoms with Crippen LogP contribution in [0.1, 0.15) is 0 Å². The van der Waals surface area contributed by atoms with Crippen molar-refractivity contribution in [1.29, 1.82) is 0 Å². The highest BCUT2D eigenvalue weighted by Crippen LogP contribution is 2.44. The van der Waals surface area contributed by atoms with Gasteiger partial charge in [0.2, 0.25) is 0 Å². The van der Waals surface area contributed by atoms with E-state index in [0.29, 0.717) is 44.1 Å². The van der Waals surface area contributed by atoms with Crippen LogP contribution in [0.3, 0.4) is 0 Å². The van der Waals surface area contributed by atoms with Crippen molar-refractivity contribution < 1.29 is 28.6 Å². The van der Waals surface area contributed by atoms with Crippen molar-refractivity contribution in [2.75, 3.05) is 84.5 Å². The normalized spacial score (nSPS) is 17.1. The molecule has 1 fully saturated rings. The zero-order valence-electron chi connectivity index (χ0n) is 14.9. The van der Waals surface area contributed by atoms with E-state index in [9.17, 15) is 4.79 Å². The summed E-state index contributed by atoms with van der Waals surface area (Å²) in [7, 11) is 3.25. The molecule has 1 atom stereocenters. The van der Waals surface area contributed by atoms with Crippen LogP contribution in [0.15, 0.2) is 0 Å². The van der Waals surface area contributed by atoms with Gasteiger partial charge >= 0.3 is 6.09 Å². The molecular weight excluding hydrogens is 464 g/mol. The van der Waals surface area contributed by atoms with Gasteiger partial charge in [0.05, 0.1) is 33.0 Å². The molecule has 9 nitrogen and oxygen atoms in total. The van der Waals surface area contributed by atoms with Crippen LogP contribution in [0.4, 0.5) is 4.79 Å². The second kappa shape index (κ2) is 14.3. The number of nitrogens with zero attached hydrogens (tertiary/aromatic N) is 3. The van der Waals surface area contributed by atoms with E-state index >= 15 is 0 Å². The van der Waals surface area contributed by atoms with Gasteiger partial charge in [-0.2, -0.15) is 0 Å². The molecule has 0 spiro atoms. The van der Waals surface area contributed by atoms with Gasteiger partial charge in [0.15, 0.2) is 8.45 Å². The molecule has 148 valence electrons. The quantitative estimate of drug-likeness (QED) is 0.187. The van der Waals surface area contributed by atoms with E-state index in [-0.39, 0.29) is 19.3 Å². The molecule has 1 unspecified atom stereocenters. The molecule has 1 heterocycles. The second-order valence-corrected chi connectivity index (χ2v) is 8.09. The number of halogens is 1. The summed E-state index contributed by atoms with van der Waals surface area (Å²) in [5.41, 5.74) is 0. The molecule has 1 N–H and O–H groups in total. The SMILES string of the molecule is CN(C)P(OCI)N1CCN(C(=O)OCCOCCOCCO)CC1. The highest BCUT2D eigenvalue weighted by Gasteiger charge is 2.29. The van der Waals surface area contributed by atoms with Crippen LogP contribution in [-0.2, 0) is 18.7 Å². The summed E-state index contributed by atoms with van der Waals surface area (Å²) in [6.07, 6.45) is -0.302. The molecule has 1 saturated heterocycles. The lowest BCUT2D eigenvalue weighted by molar-refractivity contribution is 0.0129. The Bertz CT molecular complexity index is 361. The Morgan fingerprint density at radius 3 is 2.24 bits per heavy atom. The maximum atomic E-state index is 12.0. The molecule has 0 aromatic rings. The second-order valence-electron chi connectivity index (χ2n) is 5.34. The number of amides is 1. The van der Waals surface area contributed by atoms with Crippen LogP contribution in [0, 0.1) is 0 Å². The van der Waals surface area contributed by atoms with E-state index in [0.717, 1.165) is 13.1 Å². The van der Waals surface area contributed by atoms with Crippen LogP contribution < -0.4 is 0 Å². The van der Waals surface area contributed by atoms with Gasteiger partial charge in [-0.15, -0.1) is 0 Å². The smallest absolute Gasteiger partial charge is 0.409 e. The van der Waals surface area contributed by atoms with Crippen LogP contribution in [0.25, 0.3) is 0 Å². The maximum Gasteiger partial charge on any atom is 0.409 e. The molecule has 25 heavy (non-hydrogen) atoms. The molecule has 0 aromatic heterocycles. The topological polar surface area (TPSA) is 83.9 Å². The molecule has 0 aromatic carbocycles. The number of ether oxygens (including phenoxy) is 3. The number of rotatable bonds is 12. The van der Waals surface area contributed by atoms with Crippen molar-refractivity contribution in [3.8, 4) is 0 Å². The zero-order valence-corrected chi connectivity index (χ0v) is 18.0. The first-order valence-electron chi connectivity index (χ1n) is 8.19. The lowest BCUT2D eigenvalue weighted by atomic mass is 10.4. The first-order chi connectivity index (χ1) is 12.1. The van der Waals surface area contributed by atoms with Crippen molar-refractivity contribution in [2.24, 2.45) is 0 Å². The van der Waals surface area contributed by atoms with E-state index in [1.807, 2.05) is 14.1 Å². The summed E-state index contributed by atoms with van der Waals surface area (Å²) in [4.78, 5) is 13.8. The minimum atomic E-state index is -0.766. The average Bonchev–Trinajstić information content (AvgIpc) is 2.61. The van der Waals surface area contributed by atoms with Crippen molar-refractivity contribution in [1.82, 2.24) is 14.2 Å². The Labute approximate surface area is 164 Å². The Kier molecular flexibility index (Phi) is 13.3. The summed E-state index contributed by atoms with van der Waals surface area (Å²) in [5, 5.41) is 8.55. The third kappa shape index (κ3) is 9.62. The number of carbonyl (C=O) groups is 1. The average molecular weight is 493 g/mol. The summed E-state index contributed by atoms with van der Waals surface area (Å²) < 4.78 is 26.4. The number of alkyl halides is 1. The van der Waals surface area contributed by atoms with Crippen LogP contribution in [0.2, 0.25) is 0 Å². The summed E-state index contributed by atoms with van der Waals surface area (Å²) in [6, 6.07) is 0. The minimum Gasteiger partial charge on any atom is -0.447 e. The largest absolute Gasteiger partial charge is 0.447 e. The third-order valence-corrected chi connectivity index (χ3v) is 6.06. The van der Waals surface area contributed by atoms with E-state index in [4.69, 9.17) is 23.8 Å². The lowest BCUT2D eigenvalue weighted by Gasteiger charge is -2.39. The highest BCUT2D eigenvalue weighted by atomic mass is 127. The molecule has 11 heteroatoms. The lowest BCUT2D eigenvalue weighted by Crippen LogP contribution is -2.48. The number of hydrogen-bond acceptors (Lipinski definition) is 8. The molecular formula is C14H29IN3O6P. The predicted octanol–water partition coefficient (Wildman–Crippen LogP) is 0.964. The van der Waals surface area contributed by atoms with Crippen molar-refractivity contribution in [3.05, 3.63) is 0 Å². The fraction of sp³-hybridized carbons (Fsp3) is 0.929. The molecule has 1 amide bonds. The van der Waals surface area contributed by atoms with Crippen molar-refractivity contribution in [3.63, 3.8) is 0 Å². The van der Waals surface area contributed by atoms with Crippen LogP contribution >= 0.6 is 31.0 Å². The Balaban J connectivity index is 2.14. The van der Waals surface area contributed by atoms with Gasteiger partial charge in [0.1, 0.15) is 11.2 Å². The Morgan fingerprint density at radius 1 is 1.08 bits per heavy atom. The van der Waals surface area contributed by atoms with Gasteiger partial charge in [-0.05, 0) is 14.1 Å². The maximum absolute atomic E-state index is 12.0. The molecule has 0 saturated carbocycles. The first-order valence-corrected chi connectivity index (χ1v) is 10.9. The van der Waals surface area contributed by atoms with Gasteiger partial charge in [0, 0.05) is 26.2 Å². The van der Waals surface area contributed by atoms with Crippen LogP contribution in [0.5, 0.6) is 0 Å². The van der Waals surface area contributed by atoms with Gasteiger partial charge in [-0.25, -0.2) is 9.46 Å². The molecule has 0 radical (unpaired) electrons. The number of aliphatic hydroxyl groups excluding tert-OH is 1. The molecule has 1 rings (SSSR count). The fourth-order valence-electron chi connectivity index (χ4n) is 2.21. The van der Waals surface area contributed by atoms with E-state index in [1.54, 1.807) is 4.90 Å². The summed E-state index contributed by atoms with van der Waals surface area (Å²) in [6.45, 7) is 4.52. The number of carbonyl (C=O) groups excluding carboxylic acids is 1. The first kappa shape index (κ1) is 23.2. The number of hydrogen-bond donors (Lipinski definition) is 1. The van der Waals surface area contributed by atoms with E-state index < -0.39 is 8.45 Å². The highest BCUT2D eigenvalue weighted by molar-refractivity contribution is 14.1. The number of piperazine rings is 1. The summed E-state index contributed by atoms with van der Waals surface area (Å²) in [5.74, 6) is 0. The van der Waals surface area contributed by atoms with Crippen molar-refractivity contribution in [2.45, 2.75) is 0 Å². The standard InChI is InChI=1S/C14H29IN3O6P/c1-16(2)25(24-13-15)18-5-3-17(4-6-18)14(20)23-12-11-22-10-9-21-8-7-19/h19H,3-13H2,1-2H3. The predicted molar refractivity (Wildman–Crippen MR) is 104 cm³/mol. The molecule has 0 aliphatic carbocycles. The van der Waals surface area contributed by atoms with Crippen LogP contribution in [-0.4, -0.2) is 110 Å². The monoisotopic (exact) mass is 493 g/mol. The van der Waals surface area contributed by atoms with Gasteiger partial charge in [-0.3, -0.25) is 4.67 Å². The zero-order chi connectivity index (χ0) is 18.5. The molecule has 1 aliphatic rings. The van der Waals surface area contributed by atoms with Crippen molar-refractivity contribution >= 4 is 37.1 Å². The number of aliphatic hydroxyl groups is 1. The van der Waals surface area contributed by atoms with E-state index in [2.05, 4.69) is 31.9 Å². The fourth-order valence-corrected chi connectivity index (χ4v) is 4.46.